The third kappa shape index (κ3) is 3.32. The second-order valence-corrected chi connectivity index (χ2v) is 5.42. The molecule has 3 aromatic rings. The van der Waals surface area contributed by atoms with E-state index in [1.807, 2.05) is 18.2 Å². The summed E-state index contributed by atoms with van der Waals surface area (Å²) in [4.78, 5) is 20.3. The Balaban J connectivity index is 1.84. The number of halogens is 2. The summed E-state index contributed by atoms with van der Waals surface area (Å²) < 4.78 is 5.27. The van der Waals surface area contributed by atoms with Crippen molar-refractivity contribution in [1.82, 2.24) is 20.2 Å². The Morgan fingerprint density at radius 2 is 1.96 bits per heavy atom. The van der Waals surface area contributed by atoms with E-state index in [0.29, 0.717) is 17.1 Å². The van der Waals surface area contributed by atoms with Crippen LogP contribution in [0.2, 0.25) is 10.2 Å². The van der Waals surface area contributed by atoms with Crippen LogP contribution < -0.4 is 10.1 Å². The molecule has 0 aliphatic carbocycles. The van der Waals surface area contributed by atoms with Gasteiger partial charge in [0.1, 0.15) is 16.6 Å². The number of carbonyl (C=O) groups is 1. The first-order valence-electron chi connectivity index (χ1n) is 6.77. The zero-order chi connectivity index (χ0) is 17.1. The summed E-state index contributed by atoms with van der Waals surface area (Å²) in [6.07, 6.45) is 0. The second kappa shape index (κ2) is 6.86. The molecule has 0 saturated carbocycles. The standard InChI is InChI=1S/C15H11Cl2N5O2/c1-24-10-5-3-2-4-8(10)13-19-15(22-21-13)20-14(23)12-9(16)6-7-11(17)18-12/h2-7H,1H3,(H2,19,20,21,22,23). The lowest BCUT2D eigenvalue weighted by molar-refractivity contribution is 0.102. The Hall–Kier alpha value is -2.64. The molecule has 0 radical (unpaired) electrons. The number of rotatable bonds is 4. The highest BCUT2D eigenvalue weighted by atomic mass is 35.5. The first-order chi connectivity index (χ1) is 11.6. The first kappa shape index (κ1) is 16.2. The summed E-state index contributed by atoms with van der Waals surface area (Å²) >= 11 is 11.7. The van der Waals surface area contributed by atoms with Gasteiger partial charge >= 0.3 is 0 Å². The quantitative estimate of drug-likeness (QED) is 0.692. The van der Waals surface area contributed by atoms with Gasteiger partial charge in [-0.05, 0) is 24.3 Å². The van der Waals surface area contributed by atoms with Crippen molar-refractivity contribution in [2.45, 2.75) is 0 Å². The topological polar surface area (TPSA) is 92.8 Å². The lowest BCUT2D eigenvalue weighted by Crippen LogP contribution is -2.15. The van der Waals surface area contributed by atoms with Crippen LogP contribution in [0.25, 0.3) is 11.4 Å². The maximum Gasteiger partial charge on any atom is 0.278 e. The van der Waals surface area contributed by atoms with Crippen molar-refractivity contribution in [3.8, 4) is 17.1 Å². The Morgan fingerprint density at radius 3 is 2.75 bits per heavy atom. The molecule has 0 aliphatic rings. The van der Waals surface area contributed by atoms with Crippen molar-refractivity contribution in [3.05, 3.63) is 52.3 Å². The van der Waals surface area contributed by atoms with E-state index in [-0.39, 0.29) is 21.8 Å². The van der Waals surface area contributed by atoms with Gasteiger partial charge in [-0.15, -0.1) is 5.10 Å². The summed E-state index contributed by atoms with van der Waals surface area (Å²) in [6.45, 7) is 0. The van der Waals surface area contributed by atoms with Crippen molar-refractivity contribution < 1.29 is 9.53 Å². The van der Waals surface area contributed by atoms with E-state index in [1.54, 1.807) is 13.2 Å². The minimum Gasteiger partial charge on any atom is -0.496 e. The molecule has 3 rings (SSSR count). The van der Waals surface area contributed by atoms with Crippen LogP contribution >= 0.6 is 23.2 Å². The molecule has 2 aromatic heterocycles. The van der Waals surface area contributed by atoms with Crippen molar-refractivity contribution in [3.63, 3.8) is 0 Å². The van der Waals surface area contributed by atoms with Crippen molar-refractivity contribution in [2.24, 2.45) is 0 Å². The van der Waals surface area contributed by atoms with Crippen LogP contribution in [-0.2, 0) is 0 Å². The molecule has 122 valence electrons. The molecule has 0 spiro atoms. The maximum atomic E-state index is 12.2. The largest absolute Gasteiger partial charge is 0.496 e. The number of benzene rings is 1. The Morgan fingerprint density at radius 1 is 1.17 bits per heavy atom. The fraction of sp³-hybridized carbons (Fsp3) is 0.0667. The van der Waals surface area contributed by atoms with Gasteiger partial charge in [-0.1, -0.05) is 35.3 Å². The van der Waals surface area contributed by atoms with Gasteiger partial charge < -0.3 is 4.74 Å². The molecule has 9 heteroatoms. The molecule has 2 heterocycles. The van der Waals surface area contributed by atoms with Gasteiger partial charge in [-0.2, -0.15) is 4.98 Å². The van der Waals surface area contributed by atoms with E-state index >= 15 is 0 Å². The van der Waals surface area contributed by atoms with Crippen molar-refractivity contribution in [2.75, 3.05) is 12.4 Å². The Kier molecular flexibility index (Phi) is 4.64. The molecule has 0 atom stereocenters. The van der Waals surface area contributed by atoms with Crippen LogP contribution in [0.5, 0.6) is 5.75 Å². The zero-order valence-electron chi connectivity index (χ0n) is 12.4. The van der Waals surface area contributed by atoms with Crippen LogP contribution in [-0.4, -0.2) is 33.2 Å². The summed E-state index contributed by atoms with van der Waals surface area (Å²) in [5, 5.41) is 9.56. The summed E-state index contributed by atoms with van der Waals surface area (Å²) in [6, 6.07) is 10.3. The number of amides is 1. The number of H-pyrrole nitrogens is 1. The second-order valence-electron chi connectivity index (χ2n) is 4.63. The van der Waals surface area contributed by atoms with E-state index < -0.39 is 5.91 Å². The van der Waals surface area contributed by atoms with Gasteiger partial charge in [-0.25, -0.2) is 4.98 Å². The molecule has 1 aromatic carbocycles. The average molecular weight is 364 g/mol. The molecular weight excluding hydrogens is 353 g/mol. The van der Waals surface area contributed by atoms with Gasteiger partial charge in [0.25, 0.3) is 5.91 Å². The summed E-state index contributed by atoms with van der Waals surface area (Å²) in [7, 11) is 1.56. The molecular formula is C15H11Cl2N5O2. The van der Waals surface area contributed by atoms with Crippen LogP contribution in [0.15, 0.2) is 36.4 Å². The van der Waals surface area contributed by atoms with E-state index in [9.17, 15) is 4.79 Å². The summed E-state index contributed by atoms with van der Waals surface area (Å²) in [5.41, 5.74) is 0.708. The minimum atomic E-state index is -0.562. The number of methoxy groups -OCH3 is 1. The third-order valence-electron chi connectivity index (χ3n) is 3.10. The maximum absolute atomic E-state index is 12.2. The number of aromatic amines is 1. The lowest BCUT2D eigenvalue weighted by atomic mass is 10.2. The predicted molar refractivity (Wildman–Crippen MR) is 90.6 cm³/mol. The number of ether oxygens (including phenoxy) is 1. The van der Waals surface area contributed by atoms with Gasteiger partial charge in [0.2, 0.25) is 5.95 Å². The van der Waals surface area contributed by atoms with Crippen molar-refractivity contribution in [1.29, 1.82) is 0 Å². The third-order valence-corrected chi connectivity index (χ3v) is 3.62. The first-order valence-corrected chi connectivity index (χ1v) is 7.53. The fourth-order valence-corrected chi connectivity index (χ4v) is 2.36. The van der Waals surface area contributed by atoms with E-state index in [1.165, 1.54) is 12.1 Å². The zero-order valence-corrected chi connectivity index (χ0v) is 13.9. The van der Waals surface area contributed by atoms with Gasteiger partial charge in [0.15, 0.2) is 5.82 Å². The molecule has 2 N–H and O–H groups in total. The fourth-order valence-electron chi connectivity index (χ4n) is 2.02. The molecule has 7 nitrogen and oxygen atoms in total. The smallest absolute Gasteiger partial charge is 0.278 e. The molecule has 1 amide bonds. The van der Waals surface area contributed by atoms with Crippen LogP contribution in [0.4, 0.5) is 5.95 Å². The predicted octanol–water partition coefficient (Wildman–Crippen LogP) is 3.43. The normalized spacial score (nSPS) is 10.5. The molecule has 0 aliphatic heterocycles. The molecule has 24 heavy (non-hydrogen) atoms. The number of hydrogen-bond donors (Lipinski definition) is 2. The van der Waals surface area contributed by atoms with Crippen molar-refractivity contribution >= 4 is 35.1 Å². The average Bonchev–Trinajstić information content (AvgIpc) is 3.05. The lowest BCUT2D eigenvalue weighted by Gasteiger charge is -2.04. The number of aromatic nitrogens is 4. The number of hydrogen-bond acceptors (Lipinski definition) is 5. The van der Waals surface area contributed by atoms with Gasteiger partial charge in [-0.3, -0.25) is 15.2 Å². The van der Waals surface area contributed by atoms with E-state index in [4.69, 9.17) is 27.9 Å². The number of anilines is 1. The SMILES string of the molecule is COc1ccccc1-c1nc(NC(=O)c2nc(Cl)ccc2Cl)n[nH]1. The highest BCUT2D eigenvalue weighted by molar-refractivity contribution is 6.35. The number of pyridine rings is 1. The van der Waals surface area contributed by atoms with E-state index in [0.717, 1.165) is 0 Å². The van der Waals surface area contributed by atoms with Crippen LogP contribution in [0.1, 0.15) is 10.5 Å². The summed E-state index contributed by atoms with van der Waals surface area (Å²) in [5.74, 6) is 0.603. The molecule has 0 unspecified atom stereocenters. The van der Waals surface area contributed by atoms with Gasteiger partial charge in [0.05, 0.1) is 17.7 Å². The molecule has 0 fully saturated rings. The highest BCUT2D eigenvalue weighted by Gasteiger charge is 2.16. The Labute approximate surface area is 147 Å². The number of nitrogens with one attached hydrogen (secondary N) is 2. The Bertz CT molecular complexity index is 897. The molecule has 0 bridgehead atoms. The monoisotopic (exact) mass is 363 g/mol. The van der Waals surface area contributed by atoms with Crippen LogP contribution in [0, 0.1) is 0 Å². The van der Waals surface area contributed by atoms with Crippen LogP contribution in [0.3, 0.4) is 0 Å². The highest BCUT2D eigenvalue weighted by Crippen LogP contribution is 2.27. The van der Waals surface area contributed by atoms with E-state index in [2.05, 4.69) is 25.5 Å². The molecule has 0 saturated heterocycles. The number of carbonyl (C=O) groups excluding carboxylic acids is 1. The number of para-hydroxylation sites is 1. The minimum absolute atomic E-state index is 0.00666. The number of nitrogens with zero attached hydrogens (tertiary/aromatic N) is 3. The van der Waals surface area contributed by atoms with Gasteiger partial charge in [0, 0.05) is 0 Å².